The Morgan fingerprint density at radius 1 is 0.962 bits per heavy atom. The number of anilines is 1. The van der Waals surface area contributed by atoms with E-state index in [9.17, 15) is 8.42 Å². The van der Waals surface area contributed by atoms with E-state index in [2.05, 4.69) is 36.9 Å². The molecular formula is C20H26N2O3S. The Balaban J connectivity index is 1.81. The summed E-state index contributed by atoms with van der Waals surface area (Å²) in [6.45, 7) is 8.39. The maximum Gasteiger partial charge on any atom is 0.246 e. The zero-order valence-electron chi connectivity index (χ0n) is 15.8. The maximum atomic E-state index is 13.1. The van der Waals surface area contributed by atoms with Crippen LogP contribution in [0.15, 0.2) is 41.3 Å². The highest BCUT2D eigenvalue weighted by atomic mass is 32.2. The lowest BCUT2D eigenvalue weighted by Crippen LogP contribution is -2.49. The van der Waals surface area contributed by atoms with Crippen molar-refractivity contribution in [3.8, 4) is 5.75 Å². The quantitative estimate of drug-likeness (QED) is 0.825. The van der Waals surface area contributed by atoms with Gasteiger partial charge in [0, 0.05) is 31.9 Å². The van der Waals surface area contributed by atoms with Crippen LogP contribution in [0.2, 0.25) is 0 Å². The fourth-order valence-corrected chi connectivity index (χ4v) is 5.03. The summed E-state index contributed by atoms with van der Waals surface area (Å²) in [6.07, 6.45) is 0. The molecule has 0 unspecified atom stereocenters. The van der Waals surface area contributed by atoms with Gasteiger partial charge in [0.25, 0.3) is 0 Å². The third kappa shape index (κ3) is 3.44. The van der Waals surface area contributed by atoms with Crippen LogP contribution in [0.4, 0.5) is 5.69 Å². The van der Waals surface area contributed by atoms with Crippen molar-refractivity contribution in [2.45, 2.75) is 25.7 Å². The number of rotatable bonds is 4. The zero-order valence-corrected chi connectivity index (χ0v) is 16.6. The normalized spacial score (nSPS) is 15.9. The minimum absolute atomic E-state index is 0.250. The molecule has 0 bridgehead atoms. The summed E-state index contributed by atoms with van der Waals surface area (Å²) in [7, 11) is -2.07. The van der Waals surface area contributed by atoms with E-state index < -0.39 is 10.0 Å². The lowest BCUT2D eigenvalue weighted by atomic mass is 10.1. The van der Waals surface area contributed by atoms with Gasteiger partial charge < -0.3 is 9.64 Å². The maximum absolute atomic E-state index is 13.1. The number of hydrogen-bond donors (Lipinski definition) is 0. The number of piperazine rings is 1. The highest BCUT2D eigenvalue weighted by Crippen LogP contribution is 2.30. The highest BCUT2D eigenvalue weighted by Gasteiger charge is 2.31. The van der Waals surface area contributed by atoms with Crippen molar-refractivity contribution in [1.29, 1.82) is 0 Å². The van der Waals surface area contributed by atoms with Gasteiger partial charge >= 0.3 is 0 Å². The van der Waals surface area contributed by atoms with E-state index in [-0.39, 0.29) is 4.90 Å². The van der Waals surface area contributed by atoms with Crippen LogP contribution in [0.5, 0.6) is 5.75 Å². The number of aryl methyl sites for hydroxylation is 2. The second kappa shape index (κ2) is 7.29. The number of nitrogens with zero attached hydrogens (tertiary/aromatic N) is 2. The summed E-state index contributed by atoms with van der Waals surface area (Å²) in [5, 5.41) is 0. The Labute approximate surface area is 156 Å². The zero-order chi connectivity index (χ0) is 18.9. The molecule has 0 amide bonds. The Bertz CT molecular complexity index is 901. The molecule has 0 saturated carbocycles. The van der Waals surface area contributed by atoms with Crippen LogP contribution in [0.3, 0.4) is 0 Å². The summed E-state index contributed by atoms with van der Waals surface area (Å²) in [4.78, 5) is 2.52. The van der Waals surface area contributed by atoms with Crippen molar-refractivity contribution in [2.24, 2.45) is 0 Å². The van der Waals surface area contributed by atoms with Crippen LogP contribution in [-0.4, -0.2) is 46.0 Å². The molecule has 26 heavy (non-hydrogen) atoms. The first-order valence-corrected chi connectivity index (χ1v) is 10.2. The lowest BCUT2D eigenvalue weighted by molar-refractivity contribution is 0.374. The second-order valence-corrected chi connectivity index (χ2v) is 8.67. The van der Waals surface area contributed by atoms with Crippen molar-refractivity contribution in [3.63, 3.8) is 0 Å². The van der Waals surface area contributed by atoms with Crippen LogP contribution in [-0.2, 0) is 10.0 Å². The molecule has 1 heterocycles. The summed E-state index contributed by atoms with van der Waals surface area (Å²) in [6, 6.07) is 11.5. The van der Waals surface area contributed by atoms with Gasteiger partial charge in [-0.05, 0) is 55.7 Å². The first kappa shape index (κ1) is 18.7. The molecule has 140 valence electrons. The van der Waals surface area contributed by atoms with Crippen molar-refractivity contribution >= 4 is 15.7 Å². The topological polar surface area (TPSA) is 49.9 Å². The van der Waals surface area contributed by atoms with E-state index >= 15 is 0 Å². The molecule has 6 heteroatoms. The van der Waals surface area contributed by atoms with E-state index in [1.54, 1.807) is 16.4 Å². The number of benzene rings is 2. The molecule has 2 aromatic carbocycles. The minimum Gasteiger partial charge on any atom is -0.495 e. The molecule has 2 aromatic rings. The number of ether oxygens (including phenoxy) is 1. The van der Waals surface area contributed by atoms with Crippen LogP contribution in [0.1, 0.15) is 16.7 Å². The molecule has 0 N–H and O–H groups in total. The fourth-order valence-electron chi connectivity index (χ4n) is 3.37. The highest BCUT2D eigenvalue weighted by molar-refractivity contribution is 7.89. The smallest absolute Gasteiger partial charge is 0.246 e. The fraction of sp³-hybridized carbons (Fsp3) is 0.400. The largest absolute Gasteiger partial charge is 0.495 e. The third-order valence-electron chi connectivity index (χ3n) is 5.09. The molecular weight excluding hydrogens is 348 g/mol. The molecule has 0 atom stereocenters. The molecule has 1 saturated heterocycles. The van der Waals surface area contributed by atoms with E-state index in [4.69, 9.17) is 4.74 Å². The Hall–Kier alpha value is -2.05. The van der Waals surface area contributed by atoms with Crippen LogP contribution < -0.4 is 9.64 Å². The number of hydrogen-bond acceptors (Lipinski definition) is 4. The second-order valence-electron chi connectivity index (χ2n) is 6.76. The summed E-state index contributed by atoms with van der Waals surface area (Å²) < 4.78 is 33.1. The van der Waals surface area contributed by atoms with E-state index in [1.807, 2.05) is 13.0 Å². The monoisotopic (exact) mass is 374 g/mol. The Kier molecular flexibility index (Phi) is 5.25. The molecule has 1 fully saturated rings. The molecule has 0 spiro atoms. The molecule has 1 aliphatic heterocycles. The molecule has 0 aliphatic carbocycles. The number of methoxy groups -OCH3 is 1. The average molecular weight is 375 g/mol. The Morgan fingerprint density at radius 3 is 2.31 bits per heavy atom. The molecule has 3 rings (SSSR count). The lowest BCUT2D eigenvalue weighted by Gasteiger charge is -2.36. The average Bonchev–Trinajstić information content (AvgIpc) is 2.64. The van der Waals surface area contributed by atoms with Gasteiger partial charge in [-0.2, -0.15) is 4.31 Å². The van der Waals surface area contributed by atoms with Gasteiger partial charge in [0.05, 0.1) is 7.11 Å². The molecule has 5 nitrogen and oxygen atoms in total. The van der Waals surface area contributed by atoms with Gasteiger partial charge in [-0.1, -0.05) is 18.2 Å². The van der Waals surface area contributed by atoms with E-state index in [0.717, 1.165) is 5.56 Å². The standard InChI is InChI=1S/C20H26N2O3S/c1-15-8-9-19(25-4)20(14-15)26(23,24)22-12-10-21(11-13-22)18-7-5-6-16(2)17(18)3/h5-9,14H,10-13H2,1-4H3. The molecule has 1 aliphatic rings. The minimum atomic E-state index is -3.57. The van der Waals surface area contributed by atoms with Crippen molar-refractivity contribution in [3.05, 3.63) is 53.1 Å². The molecule has 0 aromatic heterocycles. The van der Waals surface area contributed by atoms with Crippen molar-refractivity contribution in [2.75, 3.05) is 38.2 Å². The van der Waals surface area contributed by atoms with Gasteiger partial charge in [0.1, 0.15) is 10.6 Å². The van der Waals surface area contributed by atoms with Crippen molar-refractivity contribution < 1.29 is 13.2 Å². The summed E-state index contributed by atoms with van der Waals surface area (Å²) in [5.41, 5.74) is 4.60. The van der Waals surface area contributed by atoms with E-state index in [0.29, 0.717) is 31.9 Å². The SMILES string of the molecule is COc1ccc(C)cc1S(=O)(=O)N1CCN(c2cccc(C)c2C)CC1. The van der Waals surface area contributed by atoms with Gasteiger partial charge in [-0.15, -0.1) is 0 Å². The van der Waals surface area contributed by atoms with Crippen LogP contribution >= 0.6 is 0 Å². The van der Waals surface area contributed by atoms with Gasteiger partial charge in [-0.25, -0.2) is 8.42 Å². The predicted octanol–water partition coefficient (Wildman–Crippen LogP) is 3.13. The van der Waals surface area contributed by atoms with E-state index in [1.165, 1.54) is 23.9 Å². The first-order valence-electron chi connectivity index (χ1n) is 8.80. The Morgan fingerprint density at radius 2 is 1.65 bits per heavy atom. The van der Waals surface area contributed by atoms with Gasteiger partial charge in [0.15, 0.2) is 0 Å². The first-order chi connectivity index (χ1) is 12.3. The van der Waals surface area contributed by atoms with Crippen LogP contribution in [0, 0.1) is 20.8 Å². The van der Waals surface area contributed by atoms with Crippen molar-refractivity contribution in [1.82, 2.24) is 4.31 Å². The predicted molar refractivity (Wildman–Crippen MR) is 105 cm³/mol. The third-order valence-corrected chi connectivity index (χ3v) is 7.01. The summed E-state index contributed by atoms with van der Waals surface area (Å²) >= 11 is 0. The molecule has 0 radical (unpaired) electrons. The van der Waals surface area contributed by atoms with Crippen LogP contribution in [0.25, 0.3) is 0 Å². The van der Waals surface area contributed by atoms with Gasteiger partial charge in [0.2, 0.25) is 10.0 Å². The number of sulfonamides is 1. The summed E-state index contributed by atoms with van der Waals surface area (Å²) in [5.74, 6) is 0.396. The van der Waals surface area contributed by atoms with Gasteiger partial charge in [-0.3, -0.25) is 0 Å².